The molecule has 4 heteroatoms. The minimum Gasteiger partial charge on any atom is -0.493 e. The Balaban J connectivity index is 1.61. The molecular weight excluding hydrogens is 358 g/mol. The normalized spacial score (nSPS) is 11.8. The van der Waals surface area contributed by atoms with Crippen LogP contribution in [0.15, 0.2) is 72.8 Å². The second-order valence-electron chi connectivity index (χ2n) is 6.42. The Morgan fingerprint density at radius 3 is 2.44 bits per heavy atom. The van der Waals surface area contributed by atoms with Gasteiger partial charge in [-0.3, -0.25) is 0 Å². The van der Waals surface area contributed by atoms with Gasteiger partial charge in [-0.1, -0.05) is 60.1 Å². The zero-order chi connectivity index (χ0) is 19.1. The van der Waals surface area contributed by atoms with E-state index in [2.05, 4.69) is 42.6 Å². The molecule has 27 heavy (non-hydrogen) atoms. The Hall–Kier alpha value is -2.49. The number of methoxy groups -OCH3 is 1. The van der Waals surface area contributed by atoms with Crippen molar-refractivity contribution in [1.82, 2.24) is 5.32 Å². The molecule has 0 amide bonds. The Morgan fingerprint density at radius 2 is 1.70 bits per heavy atom. The Bertz CT molecular complexity index is 867. The van der Waals surface area contributed by atoms with Crippen LogP contribution < -0.4 is 14.8 Å². The largest absolute Gasteiger partial charge is 0.493 e. The highest BCUT2D eigenvalue weighted by Gasteiger charge is 2.08. The van der Waals surface area contributed by atoms with Gasteiger partial charge >= 0.3 is 0 Å². The van der Waals surface area contributed by atoms with Crippen molar-refractivity contribution in [1.29, 1.82) is 0 Å². The van der Waals surface area contributed by atoms with Crippen molar-refractivity contribution in [2.24, 2.45) is 0 Å². The van der Waals surface area contributed by atoms with Crippen LogP contribution in [0.5, 0.6) is 11.5 Å². The number of hydrogen-bond donors (Lipinski definition) is 1. The third-order valence-electron chi connectivity index (χ3n) is 4.42. The summed E-state index contributed by atoms with van der Waals surface area (Å²) < 4.78 is 11.4. The van der Waals surface area contributed by atoms with E-state index in [4.69, 9.17) is 21.1 Å². The van der Waals surface area contributed by atoms with Crippen molar-refractivity contribution in [2.45, 2.75) is 26.1 Å². The third-order valence-corrected chi connectivity index (χ3v) is 4.66. The van der Waals surface area contributed by atoms with Gasteiger partial charge in [0.1, 0.15) is 6.61 Å². The smallest absolute Gasteiger partial charge is 0.161 e. The number of ether oxygens (including phenoxy) is 2. The highest BCUT2D eigenvalue weighted by atomic mass is 35.5. The van der Waals surface area contributed by atoms with E-state index in [1.807, 2.05) is 42.5 Å². The molecule has 0 aromatic heterocycles. The van der Waals surface area contributed by atoms with E-state index in [0.29, 0.717) is 11.6 Å². The number of benzene rings is 3. The van der Waals surface area contributed by atoms with Crippen LogP contribution in [-0.4, -0.2) is 7.11 Å². The SMILES string of the molecule is COc1cc(CN[C@@H](C)c2ccccc2)ccc1OCc1cccc(Cl)c1. The Labute approximate surface area is 165 Å². The average Bonchev–Trinajstić information content (AvgIpc) is 2.71. The van der Waals surface area contributed by atoms with Gasteiger partial charge < -0.3 is 14.8 Å². The van der Waals surface area contributed by atoms with E-state index in [9.17, 15) is 0 Å². The minimum atomic E-state index is 0.274. The lowest BCUT2D eigenvalue weighted by atomic mass is 10.1. The quantitative estimate of drug-likeness (QED) is 0.536. The lowest BCUT2D eigenvalue weighted by Crippen LogP contribution is -2.18. The summed E-state index contributed by atoms with van der Waals surface area (Å²) in [6.45, 7) is 3.36. The predicted molar refractivity (Wildman–Crippen MR) is 110 cm³/mol. The van der Waals surface area contributed by atoms with Crippen molar-refractivity contribution in [2.75, 3.05) is 7.11 Å². The molecule has 0 heterocycles. The molecule has 0 fully saturated rings. The summed E-state index contributed by atoms with van der Waals surface area (Å²) in [5, 5.41) is 4.24. The lowest BCUT2D eigenvalue weighted by molar-refractivity contribution is 0.284. The predicted octanol–water partition coefficient (Wildman–Crippen LogP) is 5.78. The summed E-state index contributed by atoms with van der Waals surface area (Å²) in [5.41, 5.74) is 3.43. The molecule has 0 saturated carbocycles. The van der Waals surface area contributed by atoms with E-state index >= 15 is 0 Å². The first-order valence-electron chi connectivity index (χ1n) is 8.98. The molecule has 0 aliphatic carbocycles. The second-order valence-corrected chi connectivity index (χ2v) is 6.85. The van der Waals surface area contributed by atoms with E-state index < -0.39 is 0 Å². The molecule has 0 spiro atoms. The summed E-state index contributed by atoms with van der Waals surface area (Å²) in [5.74, 6) is 1.45. The number of nitrogens with one attached hydrogen (secondary N) is 1. The summed E-state index contributed by atoms with van der Waals surface area (Å²) in [7, 11) is 1.66. The molecular formula is C23H24ClNO2. The average molecular weight is 382 g/mol. The van der Waals surface area contributed by atoms with Gasteiger partial charge in [0, 0.05) is 17.6 Å². The molecule has 3 rings (SSSR count). The summed E-state index contributed by atoms with van der Waals surface area (Å²) in [6.07, 6.45) is 0. The molecule has 0 aliphatic rings. The summed E-state index contributed by atoms with van der Waals surface area (Å²) >= 11 is 6.02. The van der Waals surface area contributed by atoms with Crippen LogP contribution in [0.3, 0.4) is 0 Å². The number of hydrogen-bond acceptors (Lipinski definition) is 3. The van der Waals surface area contributed by atoms with E-state index in [-0.39, 0.29) is 6.04 Å². The van der Waals surface area contributed by atoms with Gasteiger partial charge in [-0.15, -0.1) is 0 Å². The monoisotopic (exact) mass is 381 g/mol. The highest BCUT2D eigenvalue weighted by molar-refractivity contribution is 6.30. The zero-order valence-corrected chi connectivity index (χ0v) is 16.4. The summed E-state index contributed by atoms with van der Waals surface area (Å²) in [6, 6.07) is 24.4. The topological polar surface area (TPSA) is 30.5 Å². The first kappa shape index (κ1) is 19.3. The van der Waals surface area contributed by atoms with Crippen molar-refractivity contribution in [3.63, 3.8) is 0 Å². The van der Waals surface area contributed by atoms with Gasteiger partial charge in [-0.05, 0) is 47.9 Å². The first-order chi connectivity index (χ1) is 13.2. The molecule has 1 atom stereocenters. The molecule has 3 aromatic carbocycles. The molecule has 0 unspecified atom stereocenters. The van der Waals surface area contributed by atoms with Crippen molar-refractivity contribution in [3.05, 3.63) is 94.5 Å². The van der Waals surface area contributed by atoms with Crippen LogP contribution in [-0.2, 0) is 13.2 Å². The van der Waals surface area contributed by atoms with Gasteiger partial charge in [-0.2, -0.15) is 0 Å². The Morgan fingerprint density at radius 1 is 0.889 bits per heavy atom. The van der Waals surface area contributed by atoms with Gasteiger partial charge in [-0.25, -0.2) is 0 Å². The molecule has 3 nitrogen and oxygen atoms in total. The Kier molecular flexibility index (Phi) is 6.74. The third kappa shape index (κ3) is 5.49. The molecule has 0 bridgehead atoms. The zero-order valence-electron chi connectivity index (χ0n) is 15.6. The maximum Gasteiger partial charge on any atom is 0.161 e. The van der Waals surface area contributed by atoms with Crippen molar-refractivity contribution >= 4 is 11.6 Å². The van der Waals surface area contributed by atoms with Crippen molar-refractivity contribution in [3.8, 4) is 11.5 Å². The van der Waals surface area contributed by atoms with Crippen LogP contribution >= 0.6 is 11.6 Å². The number of rotatable bonds is 8. The molecule has 0 radical (unpaired) electrons. The standard InChI is InChI=1S/C23H24ClNO2/c1-17(20-8-4-3-5-9-20)25-15-18-11-12-22(23(14-18)26-2)27-16-19-7-6-10-21(24)13-19/h3-14,17,25H,15-16H2,1-2H3/t17-/m0/s1. The molecule has 1 N–H and O–H groups in total. The van der Waals surface area contributed by atoms with Crippen molar-refractivity contribution < 1.29 is 9.47 Å². The fourth-order valence-electron chi connectivity index (χ4n) is 2.86. The fraction of sp³-hybridized carbons (Fsp3) is 0.217. The maximum atomic E-state index is 6.02. The minimum absolute atomic E-state index is 0.274. The summed E-state index contributed by atoms with van der Waals surface area (Å²) in [4.78, 5) is 0. The fourth-order valence-corrected chi connectivity index (χ4v) is 3.07. The van der Waals surface area contributed by atoms with Crippen LogP contribution in [0.25, 0.3) is 0 Å². The number of halogens is 1. The second kappa shape index (κ2) is 9.45. The van der Waals surface area contributed by atoms with Crippen LogP contribution in [0.4, 0.5) is 0 Å². The van der Waals surface area contributed by atoms with E-state index in [1.165, 1.54) is 5.56 Å². The van der Waals surface area contributed by atoms with Crippen LogP contribution in [0, 0.1) is 0 Å². The molecule has 140 valence electrons. The van der Waals surface area contributed by atoms with Crippen LogP contribution in [0.1, 0.15) is 29.7 Å². The highest BCUT2D eigenvalue weighted by Crippen LogP contribution is 2.29. The maximum absolute atomic E-state index is 6.02. The molecule has 0 saturated heterocycles. The van der Waals surface area contributed by atoms with Crippen LogP contribution in [0.2, 0.25) is 5.02 Å². The van der Waals surface area contributed by atoms with E-state index in [1.54, 1.807) is 7.11 Å². The first-order valence-corrected chi connectivity index (χ1v) is 9.36. The van der Waals surface area contributed by atoms with Gasteiger partial charge in [0.05, 0.1) is 7.11 Å². The van der Waals surface area contributed by atoms with Gasteiger partial charge in [0.2, 0.25) is 0 Å². The van der Waals surface area contributed by atoms with Gasteiger partial charge in [0.15, 0.2) is 11.5 Å². The van der Waals surface area contributed by atoms with E-state index in [0.717, 1.165) is 29.2 Å². The van der Waals surface area contributed by atoms with Gasteiger partial charge in [0.25, 0.3) is 0 Å². The lowest BCUT2D eigenvalue weighted by Gasteiger charge is -2.16. The molecule has 3 aromatic rings. The molecule has 0 aliphatic heterocycles.